The minimum Gasteiger partial charge on any atom is -0.258 e. The summed E-state index contributed by atoms with van der Waals surface area (Å²) >= 11 is 0. The summed E-state index contributed by atoms with van der Waals surface area (Å²) in [4.78, 5) is 8.33. The normalized spacial score (nSPS) is 18.3. The SMILES string of the molecule is c1cnc(N2CCCCC[N]2)nc1. The smallest absolute Gasteiger partial charge is 0.241 e. The minimum atomic E-state index is 0.726. The molecule has 4 heteroatoms. The van der Waals surface area contributed by atoms with Gasteiger partial charge in [0.2, 0.25) is 5.95 Å². The third-order valence-electron chi connectivity index (χ3n) is 2.08. The summed E-state index contributed by atoms with van der Waals surface area (Å²) < 4.78 is 0. The number of rotatable bonds is 1. The van der Waals surface area contributed by atoms with Crippen molar-refractivity contribution < 1.29 is 0 Å². The summed E-state index contributed by atoms with van der Waals surface area (Å²) in [5, 5.41) is 1.91. The van der Waals surface area contributed by atoms with E-state index in [9.17, 15) is 0 Å². The lowest BCUT2D eigenvalue weighted by molar-refractivity contribution is 0.629. The largest absolute Gasteiger partial charge is 0.258 e. The molecular formula is C9H13N4. The second kappa shape index (κ2) is 4.18. The van der Waals surface area contributed by atoms with Crippen LogP contribution >= 0.6 is 0 Å². The summed E-state index contributed by atoms with van der Waals surface area (Å²) in [6.07, 6.45) is 7.13. The molecular weight excluding hydrogens is 164 g/mol. The van der Waals surface area contributed by atoms with Crippen LogP contribution in [0.15, 0.2) is 18.5 Å². The molecule has 0 N–H and O–H groups in total. The number of aromatic nitrogens is 2. The van der Waals surface area contributed by atoms with Crippen molar-refractivity contribution in [2.45, 2.75) is 19.3 Å². The molecule has 2 rings (SSSR count). The summed E-state index contributed by atoms with van der Waals surface area (Å²) in [6.45, 7) is 1.85. The quantitative estimate of drug-likeness (QED) is 0.642. The molecule has 13 heavy (non-hydrogen) atoms. The number of nitrogens with zero attached hydrogens (tertiary/aromatic N) is 4. The van der Waals surface area contributed by atoms with Crippen molar-refractivity contribution in [1.82, 2.24) is 15.4 Å². The second-order valence-corrected chi connectivity index (χ2v) is 3.10. The van der Waals surface area contributed by atoms with Crippen molar-refractivity contribution in [3.05, 3.63) is 18.5 Å². The zero-order chi connectivity index (χ0) is 8.93. The van der Waals surface area contributed by atoms with Crippen LogP contribution in [0.1, 0.15) is 19.3 Å². The molecule has 2 heterocycles. The highest BCUT2D eigenvalue weighted by atomic mass is 15.5. The zero-order valence-corrected chi connectivity index (χ0v) is 7.56. The maximum Gasteiger partial charge on any atom is 0.241 e. The van der Waals surface area contributed by atoms with Gasteiger partial charge >= 0.3 is 0 Å². The van der Waals surface area contributed by atoms with Gasteiger partial charge in [-0.15, -0.1) is 5.43 Å². The Bertz CT molecular complexity index is 241. The van der Waals surface area contributed by atoms with E-state index in [-0.39, 0.29) is 0 Å². The molecule has 1 fully saturated rings. The average Bonchev–Trinajstić information content (AvgIpc) is 2.47. The van der Waals surface area contributed by atoms with Crippen molar-refractivity contribution >= 4 is 5.95 Å². The Hall–Kier alpha value is -1.16. The molecule has 1 aliphatic heterocycles. The Morgan fingerprint density at radius 3 is 2.77 bits per heavy atom. The fourth-order valence-corrected chi connectivity index (χ4v) is 1.40. The first-order chi connectivity index (χ1) is 6.47. The summed E-state index contributed by atoms with van der Waals surface area (Å²) in [5.41, 5.74) is 4.40. The van der Waals surface area contributed by atoms with Crippen LogP contribution in [0.25, 0.3) is 0 Å². The lowest BCUT2D eigenvalue weighted by Gasteiger charge is -2.17. The van der Waals surface area contributed by atoms with Gasteiger partial charge in [0.05, 0.1) is 0 Å². The highest BCUT2D eigenvalue weighted by Crippen LogP contribution is 2.09. The van der Waals surface area contributed by atoms with Gasteiger partial charge in [0, 0.05) is 25.5 Å². The van der Waals surface area contributed by atoms with E-state index < -0.39 is 0 Å². The molecule has 1 aromatic heterocycles. The molecule has 0 bridgehead atoms. The molecule has 1 aliphatic rings. The van der Waals surface area contributed by atoms with E-state index in [0.717, 1.165) is 19.0 Å². The first kappa shape index (κ1) is 8.44. The monoisotopic (exact) mass is 177 g/mol. The van der Waals surface area contributed by atoms with E-state index >= 15 is 0 Å². The standard InChI is InChI=1S/C9H13N4/c1-2-7-12-13(8-3-1)9-10-5-4-6-11-9/h4-6H,1-3,7-8H2. The second-order valence-electron chi connectivity index (χ2n) is 3.10. The molecule has 1 radical (unpaired) electrons. The van der Waals surface area contributed by atoms with Gasteiger partial charge in [0.25, 0.3) is 0 Å². The van der Waals surface area contributed by atoms with Crippen LogP contribution in [-0.4, -0.2) is 23.1 Å². The summed E-state index contributed by atoms with van der Waals surface area (Å²) in [5.74, 6) is 0.726. The summed E-state index contributed by atoms with van der Waals surface area (Å²) in [6, 6.07) is 1.82. The predicted octanol–water partition coefficient (Wildman–Crippen LogP) is 0.986. The van der Waals surface area contributed by atoms with Gasteiger partial charge in [-0.3, -0.25) is 5.01 Å². The Morgan fingerprint density at radius 2 is 1.92 bits per heavy atom. The molecule has 0 aromatic carbocycles. The third-order valence-corrected chi connectivity index (χ3v) is 2.08. The van der Waals surface area contributed by atoms with E-state index in [1.54, 1.807) is 12.4 Å². The molecule has 1 saturated heterocycles. The molecule has 1 aromatic rings. The van der Waals surface area contributed by atoms with E-state index in [0.29, 0.717) is 0 Å². The topological polar surface area (TPSA) is 43.1 Å². The number of hydrogen-bond donors (Lipinski definition) is 0. The number of anilines is 1. The molecule has 0 amide bonds. The van der Waals surface area contributed by atoms with Gasteiger partial charge < -0.3 is 0 Å². The van der Waals surface area contributed by atoms with Gasteiger partial charge in [0.1, 0.15) is 0 Å². The van der Waals surface area contributed by atoms with Gasteiger partial charge in [-0.1, -0.05) is 6.42 Å². The number of hydrogen-bond acceptors (Lipinski definition) is 3. The van der Waals surface area contributed by atoms with E-state index in [1.165, 1.54) is 19.3 Å². The fourth-order valence-electron chi connectivity index (χ4n) is 1.40. The maximum absolute atomic E-state index is 4.40. The lowest BCUT2D eigenvalue weighted by atomic mass is 10.2. The van der Waals surface area contributed by atoms with Crippen LogP contribution in [0, 0.1) is 0 Å². The Morgan fingerprint density at radius 1 is 1.08 bits per heavy atom. The van der Waals surface area contributed by atoms with Gasteiger partial charge in [-0.2, -0.15) is 0 Å². The van der Waals surface area contributed by atoms with Gasteiger partial charge in [-0.05, 0) is 18.9 Å². The van der Waals surface area contributed by atoms with Gasteiger partial charge in [0.15, 0.2) is 0 Å². The Balaban J connectivity index is 2.06. The minimum absolute atomic E-state index is 0.726. The molecule has 4 nitrogen and oxygen atoms in total. The molecule has 0 aliphatic carbocycles. The molecule has 0 unspecified atom stereocenters. The molecule has 0 spiro atoms. The van der Waals surface area contributed by atoms with Crippen molar-refractivity contribution in [3.8, 4) is 0 Å². The molecule has 0 saturated carbocycles. The lowest BCUT2D eigenvalue weighted by Crippen LogP contribution is -2.32. The van der Waals surface area contributed by atoms with E-state index in [4.69, 9.17) is 0 Å². The van der Waals surface area contributed by atoms with E-state index in [1.807, 2.05) is 11.1 Å². The zero-order valence-electron chi connectivity index (χ0n) is 7.56. The maximum atomic E-state index is 4.40. The first-order valence-electron chi connectivity index (χ1n) is 4.69. The molecule has 0 atom stereocenters. The van der Waals surface area contributed by atoms with Crippen molar-refractivity contribution in [2.75, 3.05) is 18.1 Å². The first-order valence-corrected chi connectivity index (χ1v) is 4.69. The third kappa shape index (κ3) is 2.15. The van der Waals surface area contributed by atoms with Crippen LogP contribution in [-0.2, 0) is 0 Å². The van der Waals surface area contributed by atoms with Crippen LogP contribution in [0.2, 0.25) is 0 Å². The van der Waals surface area contributed by atoms with Crippen molar-refractivity contribution in [2.24, 2.45) is 0 Å². The van der Waals surface area contributed by atoms with E-state index in [2.05, 4.69) is 15.4 Å². The summed E-state index contributed by atoms with van der Waals surface area (Å²) in [7, 11) is 0. The predicted molar refractivity (Wildman–Crippen MR) is 50.2 cm³/mol. The Labute approximate surface area is 78.0 Å². The van der Waals surface area contributed by atoms with Crippen molar-refractivity contribution in [3.63, 3.8) is 0 Å². The van der Waals surface area contributed by atoms with Crippen LogP contribution in [0.3, 0.4) is 0 Å². The van der Waals surface area contributed by atoms with Crippen LogP contribution < -0.4 is 10.4 Å². The van der Waals surface area contributed by atoms with Gasteiger partial charge in [-0.25, -0.2) is 9.97 Å². The highest BCUT2D eigenvalue weighted by Gasteiger charge is 2.11. The van der Waals surface area contributed by atoms with Crippen molar-refractivity contribution in [1.29, 1.82) is 0 Å². The highest BCUT2D eigenvalue weighted by molar-refractivity contribution is 5.25. The Kier molecular flexibility index (Phi) is 2.72. The van der Waals surface area contributed by atoms with Crippen LogP contribution in [0.5, 0.6) is 0 Å². The van der Waals surface area contributed by atoms with Crippen LogP contribution in [0.4, 0.5) is 5.95 Å². The molecule has 69 valence electrons. The fraction of sp³-hybridized carbons (Fsp3) is 0.556. The average molecular weight is 177 g/mol.